The van der Waals surface area contributed by atoms with Gasteiger partial charge in [-0.25, -0.2) is 0 Å². The first-order valence-electron chi connectivity index (χ1n) is 11.0. The molecule has 0 aromatic carbocycles. The van der Waals surface area contributed by atoms with Gasteiger partial charge in [-0.15, -0.1) is 0 Å². The molecule has 0 radical (unpaired) electrons. The monoisotopic (exact) mass is 400 g/mol. The van der Waals surface area contributed by atoms with Gasteiger partial charge in [0.2, 0.25) is 0 Å². The van der Waals surface area contributed by atoms with E-state index in [0.29, 0.717) is 26.1 Å². The van der Waals surface area contributed by atoms with E-state index in [2.05, 4.69) is 9.80 Å². The minimum Gasteiger partial charge on any atom is -0.466 e. The highest BCUT2D eigenvalue weighted by Gasteiger charge is 2.04. The molecule has 0 N–H and O–H groups in total. The fraction of sp³-hybridized carbons (Fsp3) is 0.909. The van der Waals surface area contributed by atoms with E-state index in [1.54, 1.807) is 0 Å². The molecule has 0 fully saturated rings. The molecule has 0 atom stereocenters. The molecule has 0 spiro atoms. The van der Waals surface area contributed by atoms with Crippen molar-refractivity contribution in [2.45, 2.75) is 77.0 Å². The number of hydrogen-bond donors (Lipinski definition) is 0. The van der Waals surface area contributed by atoms with E-state index < -0.39 is 0 Å². The van der Waals surface area contributed by atoms with Gasteiger partial charge in [0, 0.05) is 25.9 Å². The van der Waals surface area contributed by atoms with E-state index >= 15 is 0 Å². The van der Waals surface area contributed by atoms with E-state index in [-0.39, 0.29) is 11.9 Å². The molecule has 0 unspecified atom stereocenters. The SMILES string of the molecule is CN(C)CCCOC(=O)CCCCCCCCCCC(=O)OCCCN(C)C. The van der Waals surface area contributed by atoms with Crippen LogP contribution in [0.2, 0.25) is 0 Å². The lowest BCUT2D eigenvalue weighted by Gasteiger charge is -2.09. The van der Waals surface area contributed by atoms with E-state index in [4.69, 9.17) is 9.47 Å². The Morgan fingerprint density at radius 3 is 1.18 bits per heavy atom. The molecule has 0 aliphatic heterocycles. The van der Waals surface area contributed by atoms with E-state index in [1.807, 2.05) is 28.2 Å². The summed E-state index contributed by atoms with van der Waals surface area (Å²) in [6.45, 7) is 2.96. The molecule has 0 aromatic rings. The number of unbranched alkanes of at least 4 members (excludes halogenated alkanes) is 7. The number of hydrogen-bond acceptors (Lipinski definition) is 6. The van der Waals surface area contributed by atoms with Crippen LogP contribution in [-0.4, -0.2) is 76.2 Å². The van der Waals surface area contributed by atoms with Crippen molar-refractivity contribution in [2.24, 2.45) is 0 Å². The molecule has 0 saturated carbocycles. The molecule has 0 aromatic heterocycles. The van der Waals surface area contributed by atoms with Gasteiger partial charge in [-0.05, 0) is 53.9 Å². The van der Waals surface area contributed by atoms with Gasteiger partial charge in [-0.1, -0.05) is 38.5 Å². The molecule has 166 valence electrons. The number of ether oxygens (including phenoxy) is 2. The van der Waals surface area contributed by atoms with Crippen molar-refractivity contribution in [2.75, 3.05) is 54.5 Å². The van der Waals surface area contributed by atoms with Crippen LogP contribution in [0.25, 0.3) is 0 Å². The summed E-state index contributed by atoms with van der Waals surface area (Å²) in [5, 5.41) is 0. The minimum atomic E-state index is -0.0626. The topological polar surface area (TPSA) is 59.1 Å². The van der Waals surface area contributed by atoms with Crippen LogP contribution in [-0.2, 0) is 19.1 Å². The Kier molecular flexibility index (Phi) is 18.4. The number of esters is 2. The van der Waals surface area contributed by atoms with Crippen LogP contribution in [0, 0.1) is 0 Å². The van der Waals surface area contributed by atoms with Crippen LogP contribution < -0.4 is 0 Å². The highest BCUT2D eigenvalue weighted by atomic mass is 16.5. The standard InChI is InChI=1S/C22H44N2O4/c1-23(2)17-13-19-27-21(25)15-11-9-7-5-6-8-10-12-16-22(26)28-20-14-18-24(3)4/h5-20H2,1-4H3. The summed E-state index contributed by atoms with van der Waals surface area (Å²) in [7, 11) is 8.07. The van der Waals surface area contributed by atoms with Crippen molar-refractivity contribution < 1.29 is 19.1 Å². The Morgan fingerprint density at radius 2 is 0.857 bits per heavy atom. The lowest BCUT2D eigenvalue weighted by molar-refractivity contribution is -0.144. The van der Waals surface area contributed by atoms with E-state index in [1.165, 1.54) is 25.7 Å². The summed E-state index contributed by atoms with van der Waals surface area (Å²) in [6.07, 6.45) is 11.6. The third-order valence-electron chi connectivity index (χ3n) is 4.54. The van der Waals surface area contributed by atoms with Gasteiger partial charge in [0.25, 0.3) is 0 Å². The molecule has 0 saturated heterocycles. The summed E-state index contributed by atoms with van der Waals surface area (Å²) >= 11 is 0. The molecule has 6 nitrogen and oxygen atoms in total. The van der Waals surface area contributed by atoms with Crippen LogP contribution in [0.1, 0.15) is 77.0 Å². The van der Waals surface area contributed by atoms with Crippen LogP contribution >= 0.6 is 0 Å². The third-order valence-corrected chi connectivity index (χ3v) is 4.54. The first-order valence-corrected chi connectivity index (χ1v) is 11.0. The minimum absolute atomic E-state index is 0.0626. The number of nitrogens with zero attached hydrogens (tertiary/aromatic N) is 2. The van der Waals surface area contributed by atoms with Gasteiger partial charge in [0.15, 0.2) is 0 Å². The number of carbonyl (C=O) groups excluding carboxylic acids is 2. The molecule has 0 rings (SSSR count). The van der Waals surface area contributed by atoms with Crippen LogP contribution in [0.15, 0.2) is 0 Å². The Labute approximate surface area is 172 Å². The Hall–Kier alpha value is -1.14. The predicted molar refractivity (Wildman–Crippen MR) is 114 cm³/mol. The molecular formula is C22H44N2O4. The molecule has 0 heterocycles. The second-order valence-corrected chi connectivity index (χ2v) is 8.08. The molecule has 0 aliphatic rings. The van der Waals surface area contributed by atoms with E-state index in [0.717, 1.165) is 51.6 Å². The van der Waals surface area contributed by atoms with Crippen LogP contribution in [0.3, 0.4) is 0 Å². The summed E-state index contributed by atoms with van der Waals surface area (Å²) in [6, 6.07) is 0. The maximum absolute atomic E-state index is 11.6. The zero-order valence-corrected chi connectivity index (χ0v) is 18.8. The predicted octanol–water partition coefficient (Wildman–Crippen LogP) is 3.88. The highest BCUT2D eigenvalue weighted by molar-refractivity contribution is 5.69. The highest BCUT2D eigenvalue weighted by Crippen LogP contribution is 2.11. The molecular weight excluding hydrogens is 356 g/mol. The normalized spacial score (nSPS) is 11.2. The van der Waals surface area contributed by atoms with Crippen molar-refractivity contribution in [1.82, 2.24) is 9.80 Å². The first kappa shape index (κ1) is 26.9. The van der Waals surface area contributed by atoms with Crippen molar-refractivity contribution in [3.05, 3.63) is 0 Å². The van der Waals surface area contributed by atoms with Crippen LogP contribution in [0.5, 0.6) is 0 Å². The van der Waals surface area contributed by atoms with Gasteiger partial charge >= 0.3 is 11.9 Å². The average molecular weight is 401 g/mol. The fourth-order valence-electron chi connectivity index (χ4n) is 2.88. The largest absolute Gasteiger partial charge is 0.466 e. The quantitative estimate of drug-likeness (QED) is 0.242. The second-order valence-electron chi connectivity index (χ2n) is 8.08. The van der Waals surface area contributed by atoms with Crippen molar-refractivity contribution in [1.29, 1.82) is 0 Å². The van der Waals surface area contributed by atoms with Gasteiger partial charge in [0.1, 0.15) is 0 Å². The Morgan fingerprint density at radius 1 is 0.536 bits per heavy atom. The maximum Gasteiger partial charge on any atom is 0.305 e. The van der Waals surface area contributed by atoms with Gasteiger partial charge < -0.3 is 19.3 Å². The molecule has 0 amide bonds. The fourth-order valence-corrected chi connectivity index (χ4v) is 2.88. The van der Waals surface area contributed by atoms with Crippen molar-refractivity contribution in [3.8, 4) is 0 Å². The first-order chi connectivity index (χ1) is 13.4. The lowest BCUT2D eigenvalue weighted by atomic mass is 10.1. The summed E-state index contributed by atoms with van der Waals surface area (Å²) < 4.78 is 10.4. The molecule has 0 aliphatic carbocycles. The summed E-state index contributed by atoms with van der Waals surface area (Å²) in [4.78, 5) is 27.4. The number of carbonyl (C=O) groups is 2. The smallest absolute Gasteiger partial charge is 0.305 e. The van der Waals surface area contributed by atoms with Crippen LogP contribution in [0.4, 0.5) is 0 Å². The molecule has 0 bridgehead atoms. The van der Waals surface area contributed by atoms with Crippen molar-refractivity contribution in [3.63, 3.8) is 0 Å². The van der Waals surface area contributed by atoms with Crippen molar-refractivity contribution >= 4 is 11.9 Å². The maximum atomic E-state index is 11.6. The van der Waals surface area contributed by atoms with Gasteiger partial charge in [-0.2, -0.15) is 0 Å². The molecule has 28 heavy (non-hydrogen) atoms. The zero-order chi connectivity index (χ0) is 21.0. The third kappa shape index (κ3) is 21.2. The van der Waals surface area contributed by atoms with Gasteiger partial charge in [0.05, 0.1) is 13.2 Å². The average Bonchev–Trinajstić information content (AvgIpc) is 2.63. The lowest BCUT2D eigenvalue weighted by Crippen LogP contribution is -2.16. The Balaban J connectivity index is 3.26. The van der Waals surface area contributed by atoms with Gasteiger partial charge in [-0.3, -0.25) is 9.59 Å². The Bertz CT molecular complexity index is 351. The molecule has 6 heteroatoms. The van der Waals surface area contributed by atoms with E-state index in [9.17, 15) is 9.59 Å². The summed E-state index contributed by atoms with van der Waals surface area (Å²) in [5.74, 6) is -0.125. The summed E-state index contributed by atoms with van der Waals surface area (Å²) in [5.41, 5.74) is 0. The number of rotatable bonds is 19. The zero-order valence-electron chi connectivity index (χ0n) is 18.8. The second kappa shape index (κ2) is 19.2.